The van der Waals surface area contributed by atoms with Crippen molar-refractivity contribution < 1.29 is 14.6 Å². The number of methoxy groups -OCH3 is 1. The summed E-state index contributed by atoms with van der Waals surface area (Å²) in [5, 5.41) is 11.3. The molecule has 20 heavy (non-hydrogen) atoms. The van der Waals surface area contributed by atoms with E-state index in [2.05, 4.69) is 27.1 Å². The third kappa shape index (κ3) is 3.16. The average Bonchev–Trinajstić information content (AvgIpc) is 2.97. The van der Waals surface area contributed by atoms with E-state index in [1.807, 2.05) is 0 Å². The van der Waals surface area contributed by atoms with Crippen molar-refractivity contribution in [3.63, 3.8) is 0 Å². The average molecular weight is 271 g/mol. The molecule has 1 heterocycles. The first-order valence-corrected chi connectivity index (χ1v) is 5.83. The van der Waals surface area contributed by atoms with Crippen LogP contribution in [0.4, 0.5) is 5.95 Å². The minimum absolute atomic E-state index is 0.258. The molecule has 0 atom stereocenters. The Morgan fingerprint density at radius 3 is 3.05 bits per heavy atom. The number of nitrogens with one attached hydrogen (secondary N) is 2. The summed E-state index contributed by atoms with van der Waals surface area (Å²) in [5.74, 6) is 5.87. The number of ether oxygens (including phenoxy) is 1. The monoisotopic (exact) mass is 271 g/mol. The summed E-state index contributed by atoms with van der Waals surface area (Å²) in [6.45, 7) is -0.258. The molecule has 3 N–H and O–H groups in total. The molecule has 0 saturated heterocycles. The smallest absolute Gasteiger partial charge is 0.258 e. The number of H-pyrrole nitrogens is 1. The molecule has 0 aliphatic carbocycles. The molecule has 0 spiro atoms. The van der Waals surface area contributed by atoms with E-state index in [1.165, 1.54) is 7.11 Å². The van der Waals surface area contributed by atoms with Gasteiger partial charge in [0.15, 0.2) is 0 Å². The highest BCUT2D eigenvalue weighted by Gasteiger charge is 2.10. The third-order valence-electron chi connectivity index (χ3n) is 2.49. The molecule has 0 radical (unpaired) electrons. The van der Waals surface area contributed by atoms with Crippen molar-refractivity contribution in [1.29, 1.82) is 0 Å². The minimum atomic E-state index is -0.311. The Kier molecular flexibility index (Phi) is 4.37. The van der Waals surface area contributed by atoms with Gasteiger partial charge < -0.3 is 14.8 Å². The van der Waals surface area contributed by atoms with E-state index in [0.29, 0.717) is 22.8 Å². The molecule has 6 nitrogen and oxygen atoms in total. The summed E-state index contributed by atoms with van der Waals surface area (Å²) in [4.78, 5) is 18.7. The van der Waals surface area contributed by atoms with Crippen LogP contribution in [0.1, 0.15) is 15.9 Å². The van der Waals surface area contributed by atoms with Crippen molar-refractivity contribution in [3.05, 3.63) is 41.7 Å². The highest BCUT2D eigenvalue weighted by molar-refractivity contribution is 6.03. The Bertz CT molecular complexity index is 654. The number of aliphatic hydroxyl groups excluding tert-OH is 1. The second-order valence-corrected chi connectivity index (χ2v) is 3.77. The molecule has 0 aliphatic heterocycles. The number of nitrogens with zero attached hydrogens (tertiary/aromatic N) is 1. The van der Waals surface area contributed by atoms with E-state index < -0.39 is 0 Å². The number of aromatic nitrogens is 2. The first-order chi connectivity index (χ1) is 9.74. The molecule has 0 aliphatic rings. The van der Waals surface area contributed by atoms with E-state index in [4.69, 9.17) is 9.84 Å². The fourth-order valence-corrected chi connectivity index (χ4v) is 1.59. The van der Waals surface area contributed by atoms with Gasteiger partial charge in [-0.1, -0.05) is 11.8 Å². The highest BCUT2D eigenvalue weighted by atomic mass is 16.5. The number of carbonyl (C=O) groups excluding carboxylic acids is 1. The predicted octanol–water partition coefficient (Wildman–Crippen LogP) is 1.01. The number of hydrogen-bond acceptors (Lipinski definition) is 4. The van der Waals surface area contributed by atoms with E-state index in [-0.39, 0.29) is 12.5 Å². The van der Waals surface area contributed by atoms with Crippen LogP contribution >= 0.6 is 0 Å². The van der Waals surface area contributed by atoms with Crippen LogP contribution < -0.4 is 10.1 Å². The number of aliphatic hydroxyl groups is 1. The Morgan fingerprint density at radius 1 is 1.55 bits per heavy atom. The van der Waals surface area contributed by atoms with E-state index in [9.17, 15) is 4.79 Å². The zero-order chi connectivity index (χ0) is 14.4. The molecule has 0 bridgehead atoms. The van der Waals surface area contributed by atoms with Crippen molar-refractivity contribution in [3.8, 4) is 17.6 Å². The Balaban J connectivity index is 2.26. The van der Waals surface area contributed by atoms with Crippen molar-refractivity contribution in [2.45, 2.75) is 0 Å². The van der Waals surface area contributed by atoms with E-state index in [1.54, 1.807) is 30.6 Å². The lowest BCUT2D eigenvalue weighted by Crippen LogP contribution is -2.13. The van der Waals surface area contributed by atoms with Gasteiger partial charge in [0.25, 0.3) is 5.91 Å². The first-order valence-electron chi connectivity index (χ1n) is 5.83. The molecule has 102 valence electrons. The number of amides is 1. The lowest BCUT2D eigenvalue weighted by atomic mass is 10.1. The van der Waals surface area contributed by atoms with Crippen LogP contribution in [0.5, 0.6) is 5.75 Å². The minimum Gasteiger partial charge on any atom is -0.495 e. The van der Waals surface area contributed by atoms with Crippen LogP contribution in [0.25, 0.3) is 0 Å². The largest absolute Gasteiger partial charge is 0.495 e. The zero-order valence-corrected chi connectivity index (χ0v) is 10.8. The van der Waals surface area contributed by atoms with Gasteiger partial charge in [-0.15, -0.1) is 0 Å². The zero-order valence-electron chi connectivity index (χ0n) is 10.8. The second kappa shape index (κ2) is 6.41. The van der Waals surface area contributed by atoms with Crippen LogP contribution in [0.2, 0.25) is 0 Å². The summed E-state index contributed by atoms with van der Waals surface area (Å²) in [6.07, 6.45) is 3.16. The number of anilines is 1. The maximum Gasteiger partial charge on any atom is 0.258 e. The van der Waals surface area contributed by atoms with E-state index in [0.717, 1.165) is 0 Å². The Morgan fingerprint density at radius 2 is 2.40 bits per heavy atom. The highest BCUT2D eigenvalue weighted by Crippen LogP contribution is 2.19. The van der Waals surface area contributed by atoms with Crippen molar-refractivity contribution in [2.24, 2.45) is 0 Å². The van der Waals surface area contributed by atoms with Gasteiger partial charge in [0, 0.05) is 18.0 Å². The molecule has 1 amide bonds. The summed E-state index contributed by atoms with van der Waals surface area (Å²) < 4.78 is 5.15. The van der Waals surface area contributed by atoms with Gasteiger partial charge in [-0.05, 0) is 18.2 Å². The third-order valence-corrected chi connectivity index (χ3v) is 2.49. The van der Waals surface area contributed by atoms with Gasteiger partial charge in [0.1, 0.15) is 12.4 Å². The molecule has 1 aromatic carbocycles. The standard InChI is InChI=1S/C14H13N3O3/c1-20-12-5-4-11(9-10(12)3-2-8-18)13(19)17-14-15-6-7-16-14/h4-7,9,18H,8H2,1H3,(H2,15,16,17,19). The summed E-state index contributed by atoms with van der Waals surface area (Å²) >= 11 is 0. The van der Waals surface area contributed by atoms with Crippen LogP contribution in [0.3, 0.4) is 0 Å². The van der Waals surface area contributed by atoms with Gasteiger partial charge in [0.05, 0.1) is 12.7 Å². The first kappa shape index (κ1) is 13.6. The maximum absolute atomic E-state index is 12.0. The number of aromatic amines is 1. The van der Waals surface area contributed by atoms with E-state index >= 15 is 0 Å². The molecule has 0 unspecified atom stereocenters. The fourth-order valence-electron chi connectivity index (χ4n) is 1.59. The van der Waals surface area contributed by atoms with Crippen LogP contribution in [0, 0.1) is 11.8 Å². The van der Waals surface area contributed by atoms with Crippen LogP contribution in [0.15, 0.2) is 30.6 Å². The van der Waals surface area contributed by atoms with Gasteiger partial charge in [-0.3, -0.25) is 10.1 Å². The molecular weight excluding hydrogens is 258 g/mol. The van der Waals surface area contributed by atoms with Gasteiger partial charge in [-0.25, -0.2) is 4.98 Å². The summed E-state index contributed by atoms with van der Waals surface area (Å²) in [7, 11) is 1.52. The normalized spacial score (nSPS) is 9.50. The van der Waals surface area contributed by atoms with Crippen LogP contribution in [-0.2, 0) is 0 Å². The van der Waals surface area contributed by atoms with Crippen molar-refractivity contribution >= 4 is 11.9 Å². The number of rotatable bonds is 3. The molecule has 1 aromatic heterocycles. The predicted molar refractivity (Wildman–Crippen MR) is 73.5 cm³/mol. The summed E-state index contributed by atoms with van der Waals surface area (Å²) in [5.41, 5.74) is 0.957. The Hall–Kier alpha value is -2.78. The maximum atomic E-state index is 12.0. The number of hydrogen-bond donors (Lipinski definition) is 3. The lowest BCUT2D eigenvalue weighted by Gasteiger charge is -2.06. The molecular formula is C14H13N3O3. The van der Waals surface area contributed by atoms with Crippen LogP contribution in [-0.4, -0.2) is 34.7 Å². The number of benzene rings is 1. The van der Waals surface area contributed by atoms with Gasteiger partial charge in [0.2, 0.25) is 5.95 Å². The van der Waals surface area contributed by atoms with Crippen molar-refractivity contribution in [2.75, 3.05) is 19.0 Å². The SMILES string of the molecule is COc1ccc(C(=O)Nc2ncc[nH]2)cc1C#CCO. The molecule has 2 rings (SSSR count). The fraction of sp³-hybridized carbons (Fsp3) is 0.143. The molecule has 6 heteroatoms. The summed E-state index contributed by atoms with van der Waals surface area (Å²) in [6, 6.07) is 4.87. The quantitative estimate of drug-likeness (QED) is 0.727. The lowest BCUT2D eigenvalue weighted by molar-refractivity contribution is 0.102. The molecule has 0 saturated carbocycles. The topological polar surface area (TPSA) is 87.2 Å². The Labute approximate surface area is 115 Å². The van der Waals surface area contributed by atoms with Gasteiger partial charge >= 0.3 is 0 Å². The van der Waals surface area contributed by atoms with Crippen molar-refractivity contribution in [1.82, 2.24) is 9.97 Å². The van der Waals surface area contributed by atoms with Gasteiger partial charge in [-0.2, -0.15) is 0 Å². The molecule has 0 fully saturated rings. The number of carbonyl (C=O) groups is 1. The number of imidazole rings is 1. The molecule has 2 aromatic rings. The second-order valence-electron chi connectivity index (χ2n) is 3.77.